The van der Waals surface area contributed by atoms with Crippen molar-refractivity contribution in [3.8, 4) is 5.75 Å². The molecule has 0 radical (unpaired) electrons. The first-order valence-corrected chi connectivity index (χ1v) is 9.07. The van der Waals surface area contributed by atoms with Crippen LogP contribution in [-0.4, -0.2) is 23.0 Å². The predicted molar refractivity (Wildman–Crippen MR) is 112 cm³/mol. The number of aromatic nitrogens is 2. The molecule has 1 amide bonds. The fourth-order valence-electron chi connectivity index (χ4n) is 2.76. The number of nitrogens with one attached hydrogen (secondary N) is 2. The second-order valence-electron chi connectivity index (χ2n) is 6.44. The van der Waals surface area contributed by atoms with Gasteiger partial charge >= 0.3 is 0 Å². The third-order valence-electron chi connectivity index (χ3n) is 4.36. The number of carbonyl (C=O) groups excluding carboxylic acids is 1. The normalized spacial score (nSPS) is 10.5. The number of amides is 1. The number of aryl methyl sites for hydroxylation is 3. The molecule has 0 saturated carbocycles. The Balaban J connectivity index is 1.77. The van der Waals surface area contributed by atoms with Gasteiger partial charge in [-0.2, -0.15) is 0 Å². The van der Waals surface area contributed by atoms with E-state index in [1.165, 1.54) is 19.5 Å². The summed E-state index contributed by atoms with van der Waals surface area (Å²) in [6.07, 6.45) is 2.96. The number of benzene rings is 2. The van der Waals surface area contributed by atoms with Gasteiger partial charge in [-0.25, -0.2) is 9.97 Å². The van der Waals surface area contributed by atoms with Gasteiger partial charge in [0.05, 0.1) is 18.4 Å². The molecule has 0 aliphatic carbocycles. The smallest absolute Gasteiger partial charge is 0.258 e. The molecule has 1 aromatic heterocycles. The van der Waals surface area contributed by atoms with Gasteiger partial charge in [0.15, 0.2) is 0 Å². The van der Waals surface area contributed by atoms with E-state index >= 15 is 0 Å². The summed E-state index contributed by atoms with van der Waals surface area (Å²) in [5, 5.41) is 6.58. The Labute approximate surface area is 168 Å². The minimum atomic E-state index is -0.335. The van der Waals surface area contributed by atoms with E-state index < -0.39 is 0 Å². The van der Waals surface area contributed by atoms with Crippen LogP contribution in [0.5, 0.6) is 5.75 Å². The van der Waals surface area contributed by atoms with Crippen LogP contribution in [0.25, 0.3) is 0 Å². The molecule has 3 rings (SSSR count). The maximum absolute atomic E-state index is 12.6. The van der Waals surface area contributed by atoms with Crippen molar-refractivity contribution >= 4 is 34.8 Å². The average Bonchev–Trinajstić information content (AvgIpc) is 2.68. The van der Waals surface area contributed by atoms with E-state index in [0.717, 1.165) is 22.4 Å². The molecule has 2 aromatic carbocycles. The second kappa shape index (κ2) is 8.27. The molecule has 2 N–H and O–H groups in total. The number of carbonyl (C=O) groups is 1. The van der Waals surface area contributed by atoms with Gasteiger partial charge in [0.25, 0.3) is 5.91 Å². The largest absolute Gasteiger partial charge is 0.495 e. The lowest BCUT2D eigenvalue weighted by Gasteiger charge is -2.13. The van der Waals surface area contributed by atoms with Crippen molar-refractivity contribution in [3.05, 3.63) is 70.0 Å². The number of methoxy groups -OCH3 is 1. The zero-order valence-electron chi connectivity index (χ0n) is 16.1. The van der Waals surface area contributed by atoms with Crippen LogP contribution in [0.1, 0.15) is 27.0 Å². The molecule has 7 heteroatoms. The van der Waals surface area contributed by atoms with Crippen LogP contribution in [0.3, 0.4) is 0 Å². The highest BCUT2D eigenvalue weighted by atomic mass is 35.5. The monoisotopic (exact) mass is 396 g/mol. The van der Waals surface area contributed by atoms with Gasteiger partial charge in [0.1, 0.15) is 5.75 Å². The minimum absolute atomic E-state index is 0.335. The molecule has 0 unspecified atom stereocenters. The predicted octanol–water partition coefficient (Wildman–Crippen LogP) is 5.06. The molecule has 0 atom stereocenters. The maximum atomic E-state index is 12.6. The molecule has 0 aliphatic heterocycles. The number of anilines is 3. The molecule has 0 bridgehead atoms. The third-order valence-corrected chi connectivity index (χ3v) is 4.77. The highest BCUT2D eigenvalue weighted by Gasteiger charge is 2.13. The number of hydrogen-bond acceptors (Lipinski definition) is 5. The quantitative estimate of drug-likeness (QED) is 0.630. The van der Waals surface area contributed by atoms with Gasteiger partial charge in [0.2, 0.25) is 5.95 Å². The third kappa shape index (κ3) is 4.23. The fraction of sp³-hybridized carbons (Fsp3) is 0.190. The second-order valence-corrected chi connectivity index (χ2v) is 6.85. The first kappa shape index (κ1) is 19.6. The summed E-state index contributed by atoms with van der Waals surface area (Å²) in [4.78, 5) is 21.1. The average molecular weight is 397 g/mol. The Morgan fingerprint density at radius 3 is 2.29 bits per heavy atom. The molecule has 6 nitrogen and oxygen atoms in total. The van der Waals surface area contributed by atoms with E-state index in [4.69, 9.17) is 16.3 Å². The molecule has 28 heavy (non-hydrogen) atoms. The Hall–Kier alpha value is -3.12. The van der Waals surface area contributed by atoms with Gasteiger partial charge in [-0.1, -0.05) is 29.8 Å². The summed E-state index contributed by atoms with van der Waals surface area (Å²) in [5.41, 5.74) is 4.85. The lowest BCUT2D eigenvalue weighted by atomic mass is 10.1. The molecule has 1 heterocycles. The van der Waals surface area contributed by atoms with Crippen molar-refractivity contribution in [2.45, 2.75) is 20.8 Å². The van der Waals surface area contributed by atoms with Crippen LogP contribution in [0.15, 0.2) is 42.7 Å². The Morgan fingerprint density at radius 1 is 1.04 bits per heavy atom. The summed E-state index contributed by atoms with van der Waals surface area (Å²) >= 11 is 6.10. The van der Waals surface area contributed by atoms with Crippen molar-refractivity contribution in [1.82, 2.24) is 9.97 Å². The van der Waals surface area contributed by atoms with E-state index in [1.54, 1.807) is 12.1 Å². The Kier molecular flexibility index (Phi) is 5.80. The van der Waals surface area contributed by atoms with Crippen molar-refractivity contribution in [3.63, 3.8) is 0 Å². The van der Waals surface area contributed by atoms with Gasteiger partial charge in [0, 0.05) is 29.2 Å². The molecule has 3 aromatic rings. The lowest BCUT2D eigenvalue weighted by Crippen LogP contribution is -2.14. The summed E-state index contributed by atoms with van der Waals surface area (Å²) in [6.45, 7) is 5.88. The van der Waals surface area contributed by atoms with Crippen LogP contribution >= 0.6 is 11.6 Å². The molecule has 0 saturated heterocycles. The van der Waals surface area contributed by atoms with Crippen LogP contribution in [0, 0.1) is 20.8 Å². The van der Waals surface area contributed by atoms with E-state index in [-0.39, 0.29) is 5.91 Å². The molecular weight excluding hydrogens is 376 g/mol. The Bertz CT molecular complexity index is 999. The summed E-state index contributed by atoms with van der Waals surface area (Å²) in [7, 11) is 1.52. The number of para-hydroxylation sites is 1. The van der Waals surface area contributed by atoms with Gasteiger partial charge < -0.3 is 15.4 Å². The highest BCUT2D eigenvalue weighted by molar-refractivity contribution is 6.31. The van der Waals surface area contributed by atoms with Crippen LogP contribution in [0.2, 0.25) is 5.02 Å². The van der Waals surface area contributed by atoms with E-state index in [1.807, 2.05) is 39.0 Å². The van der Waals surface area contributed by atoms with E-state index in [9.17, 15) is 4.79 Å². The zero-order chi connectivity index (χ0) is 20.3. The zero-order valence-corrected chi connectivity index (χ0v) is 16.9. The standard InChI is InChI=1S/C21H21ClN4O2/c1-12-6-5-7-13(2)19(12)26-21-23-10-15(11-24-21)20(27)25-17-8-14(3)16(22)9-18(17)28-4/h5-11H,1-4H3,(H,25,27)(H,23,24,26). The van der Waals surface area contributed by atoms with Crippen LogP contribution in [0.4, 0.5) is 17.3 Å². The fourth-order valence-corrected chi connectivity index (χ4v) is 2.91. The lowest BCUT2D eigenvalue weighted by molar-refractivity contribution is 0.102. The van der Waals surface area contributed by atoms with Crippen LogP contribution < -0.4 is 15.4 Å². The maximum Gasteiger partial charge on any atom is 0.258 e. The number of nitrogens with zero attached hydrogens (tertiary/aromatic N) is 2. The number of rotatable bonds is 5. The first-order chi connectivity index (χ1) is 13.4. The molecule has 0 fully saturated rings. The SMILES string of the molecule is COc1cc(Cl)c(C)cc1NC(=O)c1cnc(Nc2c(C)cccc2C)nc1. The first-order valence-electron chi connectivity index (χ1n) is 8.70. The van der Waals surface area contributed by atoms with Gasteiger partial charge in [-0.15, -0.1) is 0 Å². The number of hydrogen-bond donors (Lipinski definition) is 2. The van der Waals surface area contributed by atoms with Crippen molar-refractivity contribution < 1.29 is 9.53 Å². The minimum Gasteiger partial charge on any atom is -0.495 e. The van der Waals surface area contributed by atoms with Crippen molar-refractivity contribution in [2.75, 3.05) is 17.7 Å². The van der Waals surface area contributed by atoms with Crippen molar-refractivity contribution in [2.24, 2.45) is 0 Å². The summed E-state index contributed by atoms with van der Waals surface area (Å²) < 4.78 is 5.29. The molecule has 0 spiro atoms. The van der Waals surface area contributed by atoms with Crippen molar-refractivity contribution in [1.29, 1.82) is 0 Å². The number of halogens is 1. The van der Waals surface area contributed by atoms with E-state index in [0.29, 0.717) is 28.0 Å². The highest BCUT2D eigenvalue weighted by Crippen LogP contribution is 2.31. The molecular formula is C21H21ClN4O2. The van der Waals surface area contributed by atoms with Gasteiger partial charge in [-0.05, 0) is 43.5 Å². The summed E-state index contributed by atoms with van der Waals surface area (Å²) in [6, 6.07) is 9.45. The molecule has 0 aliphatic rings. The number of ether oxygens (including phenoxy) is 1. The van der Waals surface area contributed by atoms with E-state index in [2.05, 4.69) is 20.6 Å². The van der Waals surface area contributed by atoms with Crippen LogP contribution in [-0.2, 0) is 0 Å². The topological polar surface area (TPSA) is 76.1 Å². The summed E-state index contributed by atoms with van der Waals surface area (Å²) in [5.74, 6) is 0.575. The Morgan fingerprint density at radius 2 is 1.68 bits per heavy atom. The van der Waals surface area contributed by atoms with Gasteiger partial charge in [-0.3, -0.25) is 4.79 Å². The molecule has 144 valence electrons.